The van der Waals surface area contributed by atoms with Crippen LogP contribution in [0.2, 0.25) is 0 Å². The smallest absolute Gasteiger partial charge is 0.290 e. The van der Waals surface area contributed by atoms with Gasteiger partial charge < -0.3 is 5.32 Å². The number of nitrogens with one attached hydrogen (secondary N) is 1. The third-order valence-corrected chi connectivity index (χ3v) is 5.87. The zero-order valence-corrected chi connectivity index (χ0v) is 15.7. The number of pyridine rings is 1. The first-order chi connectivity index (χ1) is 12.1. The Morgan fingerprint density at radius 2 is 2.20 bits per heavy atom. The van der Waals surface area contributed by atoms with E-state index in [0.29, 0.717) is 11.5 Å². The molecule has 1 aliphatic rings. The highest BCUT2D eigenvalue weighted by molar-refractivity contribution is 7.16. The molecule has 0 unspecified atom stereocenters. The van der Waals surface area contributed by atoms with Crippen LogP contribution < -0.4 is 9.88 Å². The number of aryl methyl sites for hydroxylation is 1. The van der Waals surface area contributed by atoms with Gasteiger partial charge in [0.15, 0.2) is 12.4 Å². The predicted octanol–water partition coefficient (Wildman–Crippen LogP) is 3.62. The van der Waals surface area contributed by atoms with Gasteiger partial charge >= 0.3 is 0 Å². The Kier molecular flexibility index (Phi) is 5.50. The Hall–Kier alpha value is -2.19. The summed E-state index contributed by atoms with van der Waals surface area (Å²) in [6, 6.07) is 6.41. The van der Waals surface area contributed by atoms with Crippen LogP contribution in [-0.4, -0.2) is 5.91 Å². The molecule has 5 heteroatoms. The molecule has 2 heterocycles. The first kappa shape index (κ1) is 17.6. The van der Waals surface area contributed by atoms with E-state index in [-0.39, 0.29) is 12.5 Å². The Morgan fingerprint density at radius 3 is 2.88 bits per heavy atom. The van der Waals surface area contributed by atoms with Crippen LogP contribution in [0.25, 0.3) is 0 Å². The van der Waals surface area contributed by atoms with Crippen molar-refractivity contribution >= 4 is 22.2 Å². The monoisotopic (exact) mass is 354 g/mol. The SMILES string of the molecule is CCCc1cc[n+](CC(=O)Nc2sc3c(c2C#N)CC[C@@H](C)C3)cc1. The number of amides is 1. The van der Waals surface area contributed by atoms with Crippen LogP contribution in [0, 0.1) is 17.2 Å². The second-order valence-corrected chi connectivity index (χ2v) is 7.95. The van der Waals surface area contributed by atoms with Gasteiger partial charge in [0.2, 0.25) is 6.54 Å². The van der Waals surface area contributed by atoms with E-state index in [0.717, 1.165) is 42.7 Å². The molecule has 0 fully saturated rings. The van der Waals surface area contributed by atoms with Gasteiger partial charge in [0.05, 0.1) is 5.56 Å². The lowest BCUT2D eigenvalue weighted by molar-refractivity contribution is -0.684. The summed E-state index contributed by atoms with van der Waals surface area (Å²) >= 11 is 1.57. The first-order valence-corrected chi connectivity index (χ1v) is 9.74. The maximum absolute atomic E-state index is 12.4. The van der Waals surface area contributed by atoms with Crippen LogP contribution in [0.5, 0.6) is 0 Å². The second-order valence-electron chi connectivity index (χ2n) is 6.84. The van der Waals surface area contributed by atoms with Gasteiger partial charge in [-0.1, -0.05) is 20.3 Å². The lowest BCUT2D eigenvalue weighted by atomic mass is 9.89. The zero-order valence-electron chi connectivity index (χ0n) is 14.8. The third-order valence-electron chi connectivity index (χ3n) is 4.70. The van der Waals surface area contributed by atoms with Crippen LogP contribution in [0.15, 0.2) is 24.5 Å². The van der Waals surface area contributed by atoms with Crippen molar-refractivity contribution in [1.29, 1.82) is 5.26 Å². The number of nitriles is 1. The molecule has 1 amide bonds. The van der Waals surface area contributed by atoms with Gasteiger partial charge in [0.25, 0.3) is 5.91 Å². The predicted molar refractivity (Wildman–Crippen MR) is 99.5 cm³/mol. The highest BCUT2D eigenvalue weighted by Gasteiger charge is 2.25. The molecule has 1 atom stereocenters. The van der Waals surface area contributed by atoms with Crippen LogP contribution in [-0.2, 0) is 30.6 Å². The van der Waals surface area contributed by atoms with Gasteiger partial charge in [-0.15, -0.1) is 11.3 Å². The largest absolute Gasteiger partial charge is 0.311 e. The average Bonchev–Trinajstić information content (AvgIpc) is 2.92. The number of anilines is 1. The molecule has 0 saturated carbocycles. The topological polar surface area (TPSA) is 56.8 Å². The Balaban J connectivity index is 1.70. The van der Waals surface area contributed by atoms with Crippen LogP contribution in [0.3, 0.4) is 0 Å². The number of hydrogen-bond acceptors (Lipinski definition) is 3. The van der Waals surface area contributed by atoms with Crippen molar-refractivity contribution in [2.75, 3.05) is 5.32 Å². The van der Waals surface area contributed by atoms with E-state index in [1.54, 1.807) is 11.3 Å². The molecule has 0 saturated heterocycles. The molecule has 2 aromatic rings. The van der Waals surface area contributed by atoms with Crippen LogP contribution >= 0.6 is 11.3 Å². The maximum atomic E-state index is 12.4. The van der Waals surface area contributed by atoms with E-state index >= 15 is 0 Å². The summed E-state index contributed by atoms with van der Waals surface area (Å²) in [6.45, 7) is 4.66. The lowest BCUT2D eigenvalue weighted by Crippen LogP contribution is -2.39. The van der Waals surface area contributed by atoms with Crippen molar-refractivity contribution in [3.63, 3.8) is 0 Å². The number of hydrogen-bond donors (Lipinski definition) is 1. The highest BCUT2D eigenvalue weighted by Crippen LogP contribution is 2.39. The van der Waals surface area contributed by atoms with Crippen molar-refractivity contribution in [2.24, 2.45) is 5.92 Å². The van der Waals surface area contributed by atoms with Crippen LogP contribution in [0.1, 0.15) is 48.3 Å². The minimum Gasteiger partial charge on any atom is -0.311 e. The summed E-state index contributed by atoms with van der Waals surface area (Å²) in [5.74, 6) is 0.565. The fraction of sp³-hybridized carbons (Fsp3) is 0.450. The number of thiophene rings is 1. The quantitative estimate of drug-likeness (QED) is 0.834. The number of carbonyl (C=O) groups is 1. The number of fused-ring (bicyclic) bond motifs is 1. The van der Waals surface area contributed by atoms with Gasteiger partial charge in [-0.3, -0.25) is 4.79 Å². The zero-order chi connectivity index (χ0) is 17.8. The van der Waals surface area contributed by atoms with Crippen LogP contribution in [0.4, 0.5) is 5.00 Å². The fourth-order valence-corrected chi connectivity index (χ4v) is 4.72. The standard InChI is InChI=1S/C20H23N3OS/c1-3-4-15-7-9-23(10-8-15)13-19(24)22-20-17(12-21)16-6-5-14(2)11-18(16)25-20/h7-10,14H,3-6,11,13H2,1-2H3/p+1/t14-/m1/s1. The molecule has 0 aromatic carbocycles. The molecule has 0 bridgehead atoms. The molecule has 1 aliphatic carbocycles. The summed E-state index contributed by atoms with van der Waals surface area (Å²) in [5.41, 5.74) is 3.10. The lowest BCUT2D eigenvalue weighted by Gasteiger charge is -2.17. The number of aromatic nitrogens is 1. The molecule has 2 aromatic heterocycles. The summed E-state index contributed by atoms with van der Waals surface area (Å²) in [6.07, 6.45) is 9.12. The molecule has 0 spiro atoms. The third kappa shape index (κ3) is 4.08. The Labute approximate surface area is 153 Å². The molecule has 1 N–H and O–H groups in total. The Bertz CT molecular complexity index is 802. The Morgan fingerprint density at radius 1 is 1.44 bits per heavy atom. The average molecular weight is 354 g/mol. The number of nitrogens with zero attached hydrogens (tertiary/aromatic N) is 2. The fourth-order valence-electron chi connectivity index (χ4n) is 3.34. The molecular formula is C20H24N3OS+. The molecule has 25 heavy (non-hydrogen) atoms. The maximum Gasteiger partial charge on any atom is 0.290 e. The highest BCUT2D eigenvalue weighted by atomic mass is 32.1. The number of carbonyl (C=O) groups excluding carboxylic acids is 1. The molecular weight excluding hydrogens is 330 g/mol. The first-order valence-electron chi connectivity index (χ1n) is 8.93. The van der Waals surface area contributed by atoms with Crippen molar-refractivity contribution < 1.29 is 9.36 Å². The number of rotatable bonds is 5. The van der Waals surface area contributed by atoms with Gasteiger partial charge in [-0.05, 0) is 42.7 Å². The summed E-state index contributed by atoms with van der Waals surface area (Å²) in [7, 11) is 0. The van der Waals surface area contributed by atoms with E-state index in [1.165, 1.54) is 10.4 Å². The van der Waals surface area contributed by atoms with E-state index in [1.807, 2.05) is 17.0 Å². The van der Waals surface area contributed by atoms with Gasteiger partial charge in [0, 0.05) is 17.0 Å². The molecule has 130 valence electrons. The van der Waals surface area contributed by atoms with E-state index in [9.17, 15) is 10.1 Å². The molecule has 0 aliphatic heterocycles. The normalized spacial score (nSPS) is 16.1. The second kappa shape index (κ2) is 7.79. The molecule has 0 radical (unpaired) electrons. The minimum atomic E-state index is -0.0867. The van der Waals surface area contributed by atoms with E-state index in [2.05, 4.69) is 37.4 Å². The van der Waals surface area contributed by atoms with Gasteiger partial charge in [0.1, 0.15) is 11.1 Å². The van der Waals surface area contributed by atoms with Gasteiger partial charge in [-0.25, -0.2) is 0 Å². The minimum absolute atomic E-state index is 0.0867. The van der Waals surface area contributed by atoms with Crippen molar-refractivity contribution in [2.45, 2.75) is 52.5 Å². The van der Waals surface area contributed by atoms with E-state index in [4.69, 9.17) is 0 Å². The molecule has 3 rings (SSSR count). The van der Waals surface area contributed by atoms with E-state index < -0.39 is 0 Å². The summed E-state index contributed by atoms with van der Waals surface area (Å²) in [5, 5.41) is 13.2. The summed E-state index contributed by atoms with van der Waals surface area (Å²) in [4.78, 5) is 13.7. The van der Waals surface area contributed by atoms with Crippen molar-refractivity contribution in [3.05, 3.63) is 46.1 Å². The van der Waals surface area contributed by atoms with Crippen molar-refractivity contribution in [3.8, 4) is 6.07 Å². The summed E-state index contributed by atoms with van der Waals surface area (Å²) < 4.78 is 1.87. The molecule has 4 nitrogen and oxygen atoms in total. The van der Waals surface area contributed by atoms with Gasteiger partial charge in [-0.2, -0.15) is 9.83 Å². The van der Waals surface area contributed by atoms with Crippen molar-refractivity contribution in [1.82, 2.24) is 0 Å².